The fourth-order valence-electron chi connectivity index (χ4n) is 3.77. The van der Waals surface area contributed by atoms with Gasteiger partial charge in [-0.05, 0) is 24.3 Å². The van der Waals surface area contributed by atoms with Crippen LogP contribution in [0.25, 0.3) is 0 Å². The van der Waals surface area contributed by atoms with Crippen molar-refractivity contribution in [2.24, 2.45) is 0 Å². The van der Waals surface area contributed by atoms with Crippen LogP contribution in [-0.2, 0) is 9.53 Å². The number of nitrogens with zero attached hydrogens (tertiary/aromatic N) is 1. The lowest BCUT2D eigenvalue weighted by Gasteiger charge is -2.41. The third-order valence-corrected chi connectivity index (χ3v) is 6.54. The minimum atomic E-state index is -1.74. The number of aliphatic hydroxyl groups is 5. The molecular weight excluding hydrogens is 410 g/mol. The molecule has 1 heterocycles. The Bertz CT molecular complexity index is 864. The molecule has 9 heteroatoms. The van der Waals surface area contributed by atoms with E-state index in [9.17, 15) is 30.3 Å². The highest BCUT2D eigenvalue weighted by molar-refractivity contribution is 7.99. The van der Waals surface area contributed by atoms with Crippen LogP contribution in [0.2, 0.25) is 0 Å². The highest BCUT2D eigenvalue weighted by Crippen LogP contribution is 2.47. The molecule has 0 radical (unpaired) electrons. The summed E-state index contributed by atoms with van der Waals surface area (Å²) >= 11 is 1.65. The van der Waals surface area contributed by atoms with E-state index in [4.69, 9.17) is 4.74 Å². The van der Waals surface area contributed by atoms with Gasteiger partial charge < -0.3 is 35.2 Å². The standard InChI is InChI=1S/C21H23NO7S/c23-15(29-21-19(27)17(25)16(24)18(26)20(21)28)9-10-22-11-5-1-3-7-13(11)30-14-8-4-2-6-12(14)22/h1-8,16-21,24-28H,9-10H2/t16?,17-,18+,19-,20-,21?/m0/s1. The van der Waals surface area contributed by atoms with Gasteiger partial charge in [-0.3, -0.25) is 4.79 Å². The van der Waals surface area contributed by atoms with Crippen molar-refractivity contribution in [2.45, 2.75) is 52.8 Å². The predicted molar refractivity (Wildman–Crippen MR) is 109 cm³/mol. The van der Waals surface area contributed by atoms with Gasteiger partial charge in [-0.2, -0.15) is 0 Å². The van der Waals surface area contributed by atoms with Crippen molar-refractivity contribution in [2.75, 3.05) is 11.4 Å². The number of benzene rings is 2. The fourth-order valence-corrected chi connectivity index (χ4v) is 4.87. The Morgan fingerprint density at radius 3 is 1.80 bits per heavy atom. The van der Waals surface area contributed by atoms with Gasteiger partial charge in [-0.25, -0.2) is 0 Å². The van der Waals surface area contributed by atoms with Crippen LogP contribution in [0, 0.1) is 0 Å². The second-order valence-corrected chi connectivity index (χ2v) is 8.43. The summed E-state index contributed by atoms with van der Waals surface area (Å²) in [7, 11) is 0. The summed E-state index contributed by atoms with van der Waals surface area (Å²) in [5.41, 5.74) is 1.92. The maximum atomic E-state index is 12.5. The summed E-state index contributed by atoms with van der Waals surface area (Å²) in [6, 6.07) is 15.7. The van der Waals surface area contributed by atoms with Gasteiger partial charge in [-0.15, -0.1) is 0 Å². The molecule has 0 amide bonds. The Labute approximate surface area is 177 Å². The summed E-state index contributed by atoms with van der Waals surface area (Å²) in [4.78, 5) is 16.6. The molecule has 2 aromatic carbocycles. The Hall–Kier alpha value is -2.14. The van der Waals surface area contributed by atoms with E-state index in [0.717, 1.165) is 21.2 Å². The number of esters is 1. The van der Waals surface area contributed by atoms with E-state index in [2.05, 4.69) is 0 Å². The first kappa shape index (κ1) is 21.1. The van der Waals surface area contributed by atoms with Crippen LogP contribution in [0.4, 0.5) is 11.4 Å². The van der Waals surface area contributed by atoms with E-state index in [1.54, 1.807) is 11.8 Å². The number of hydrogen-bond acceptors (Lipinski definition) is 9. The highest BCUT2D eigenvalue weighted by Gasteiger charge is 2.50. The number of para-hydroxylation sites is 2. The van der Waals surface area contributed by atoms with Crippen LogP contribution in [-0.4, -0.2) is 74.7 Å². The highest BCUT2D eigenvalue weighted by atomic mass is 32.2. The van der Waals surface area contributed by atoms with Crippen molar-refractivity contribution in [3.63, 3.8) is 0 Å². The van der Waals surface area contributed by atoms with E-state index in [-0.39, 0.29) is 6.42 Å². The molecule has 1 aliphatic heterocycles. The molecule has 8 nitrogen and oxygen atoms in total. The number of hydrogen-bond donors (Lipinski definition) is 5. The molecule has 4 rings (SSSR count). The Balaban J connectivity index is 1.47. The van der Waals surface area contributed by atoms with Gasteiger partial charge in [0.2, 0.25) is 0 Å². The van der Waals surface area contributed by atoms with Gasteiger partial charge in [-0.1, -0.05) is 36.0 Å². The second-order valence-electron chi connectivity index (χ2n) is 7.35. The SMILES string of the molecule is O=C(CCN1c2ccccc2Sc2ccccc21)OC1[C@@H](O)[C@H](O)C(O)[C@H](O)[C@@H]1O. The Morgan fingerprint density at radius 2 is 1.27 bits per heavy atom. The molecule has 2 aromatic rings. The van der Waals surface area contributed by atoms with Crippen LogP contribution < -0.4 is 4.90 Å². The quantitative estimate of drug-likeness (QED) is 0.435. The zero-order valence-electron chi connectivity index (χ0n) is 15.9. The van der Waals surface area contributed by atoms with E-state index in [1.165, 1.54) is 0 Å². The van der Waals surface area contributed by atoms with Crippen molar-refractivity contribution in [1.29, 1.82) is 0 Å². The van der Waals surface area contributed by atoms with Crippen LogP contribution in [0.15, 0.2) is 58.3 Å². The van der Waals surface area contributed by atoms with Gasteiger partial charge in [0.15, 0.2) is 6.10 Å². The second kappa shape index (κ2) is 8.54. The number of carbonyl (C=O) groups excluding carboxylic acids is 1. The topological polar surface area (TPSA) is 131 Å². The van der Waals surface area contributed by atoms with Crippen LogP contribution in [0.1, 0.15) is 6.42 Å². The molecule has 0 spiro atoms. The minimum absolute atomic E-state index is 0.0575. The van der Waals surface area contributed by atoms with Gasteiger partial charge >= 0.3 is 5.97 Å². The van der Waals surface area contributed by atoms with Crippen molar-refractivity contribution in [3.8, 4) is 0 Å². The first-order valence-corrected chi connectivity index (χ1v) is 10.4. The molecule has 0 aromatic heterocycles. The monoisotopic (exact) mass is 433 g/mol. The molecular formula is C21H23NO7S. The molecule has 1 saturated carbocycles. The van der Waals surface area contributed by atoms with E-state index in [1.807, 2.05) is 53.4 Å². The molecule has 0 saturated heterocycles. The molecule has 0 bridgehead atoms. The van der Waals surface area contributed by atoms with E-state index >= 15 is 0 Å². The van der Waals surface area contributed by atoms with Gasteiger partial charge in [0.1, 0.15) is 30.5 Å². The van der Waals surface area contributed by atoms with Crippen LogP contribution in [0.5, 0.6) is 0 Å². The molecule has 1 fully saturated rings. The maximum Gasteiger partial charge on any atom is 0.308 e. The van der Waals surface area contributed by atoms with Crippen molar-refractivity contribution in [1.82, 2.24) is 0 Å². The Morgan fingerprint density at radius 1 is 0.800 bits per heavy atom. The van der Waals surface area contributed by atoms with Gasteiger partial charge in [0.05, 0.1) is 17.8 Å². The summed E-state index contributed by atoms with van der Waals surface area (Å²) in [5, 5.41) is 49.3. The first-order chi connectivity index (χ1) is 14.4. The number of carbonyl (C=O) groups is 1. The lowest BCUT2D eigenvalue weighted by Crippen LogP contribution is -2.64. The van der Waals surface area contributed by atoms with Gasteiger partial charge in [0.25, 0.3) is 0 Å². The number of aliphatic hydroxyl groups excluding tert-OH is 5. The molecule has 1 aliphatic carbocycles. The molecule has 2 aliphatic rings. The lowest BCUT2D eigenvalue weighted by atomic mass is 9.85. The van der Waals surface area contributed by atoms with Crippen molar-refractivity contribution < 1.29 is 35.1 Å². The fraction of sp³-hybridized carbons (Fsp3) is 0.381. The molecule has 6 atom stereocenters. The number of rotatable bonds is 4. The summed E-state index contributed by atoms with van der Waals surface area (Å²) in [6.45, 7) is 0.292. The van der Waals surface area contributed by atoms with Crippen LogP contribution >= 0.6 is 11.8 Å². The summed E-state index contributed by atoms with van der Waals surface area (Å²) < 4.78 is 5.17. The zero-order chi connectivity index (χ0) is 21.4. The number of fused-ring (bicyclic) bond motifs is 2. The normalized spacial score (nSPS) is 30.4. The molecule has 5 N–H and O–H groups in total. The summed E-state index contributed by atoms with van der Waals surface area (Å²) in [6.07, 6.45) is -10.2. The number of anilines is 2. The number of ether oxygens (including phenoxy) is 1. The van der Waals surface area contributed by atoms with Crippen molar-refractivity contribution in [3.05, 3.63) is 48.5 Å². The predicted octanol–water partition coefficient (Wildman–Crippen LogP) is 0.409. The molecule has 2 unspecified atom stereocenters. The van der Waals surface area contributed by atoms with Gasteiger partial charge in [0, 0.05) is 16.3 Å². The molecule has 30 heavy (non-hydrogen) atoms. The van der Waals surface area contributed by atoms with Crippen LogP contribution in [0.3, 0.4) is 0 Å². The molecule has 160 valence electrons. The van der Waals surface area contributed by atoms with E-state index < -0.39 is 42.6 Å². The maximum absolute atomic E-state index is 12.5. The first-order valence-electron chi connectivity index (χ1n) is 9.61. The van der Waals surface area contributed by atoms with Crippen molar-refractivity contribution >= 4 is 29.1 Å². The zero-order valence-corrected chi connectivity index (χ0v) is 16.7. The lowest BCUT2D eigenvalue weighted by molar-refractivity contribution is -0.233. The van der Waals surface area contributed by atoms with E-state index in [0.29, 0.717) is 6.54 Å². The average Bonchev–Trinajstić information content (AvgIpc) is 2.76. The largest absolute Gasteiger partial charge is 0.457 e. The minimum Gasteiger partial charge on any atom is -0.457 e. The summed E-state index contributed by atoms with van der Waals surface area (Å²) in [5.74, 6) is -0.706. The Kier molecular flexibility index (Phi) is 6.01. The smallest absolute Gasteiger partial charge is 0.308 e. The average molecular weight is 433 g/mol. The third-order valence-electron chi connectivity index (χ3n) is 5.41. The third kappa shape index (κ3) is 3.80.